The summed E-state index contributed by atoms with van der Waals surface area (Å²) in [5, 5.41) is 7.13. The Labute approximate surface area is 228 Å². The highest BCUT2D eigenvalue weighted by atomic mass is 16.3. The first-order valence-electron chi connectivity index (χ1n) is 12.9. The van der Waals surface area contributed by atoms with Gasteiger partial charge in [-0.2, -0.15) is 5.10 Å². The molecule has 7 rings (SSSR count). The zero-order valence-corrected chi connectivity index (χ0v) is 21.5. The molecule has 1 N–H and O–H groups in total. The van der Waals surface area contributed by atoms with Crippen molar-refractivity contribution in [3.05, 3.63) is 130 Å². The first-order chi connectivity index (χ1) is 19.6. The highest BCUT2D eigenvalue weighted by Crippen LogP contribution is 2.39. The fourth-order valence-electron chi connectivity index (χ4n) is 5.43. The Kier molecular flexibility index (Phi) is 5.59. The van der Waals surface area contributed by atoms with Gasteiger partial charge in [-0.25, -0.2) is 5.01 Å². The highest BCUT2D eigenvalue weighted by Gasteiger charge is 2.37. The number of benzene rings is 3. The van der Waals surface area contributed by atoms with Gasteiger partial charge in [0.05, 0.1) is 34.6 Å². The third-order valence-corrected chi connectivity index (χ3v) is 7.29. The minimum Gasteiger partial charge on any atom is -0.459 e. The van der Waals surface area contributed by atoms with Crippen LogP contribution in [0.2, 0.25) is 0 Å². The zero-order valence-electron chi connectivity index (χ0n) is 21.5. The molecule has 1 aliphatic heterocycles. The normalized spacial score (nSPS) is 15.1. The van der Waals surface area contributed by atoms with E-state index in [1.807, 2.05) is 73.7 Å². The van der Waals surface area contributed by atoms with Crippen molar-refractivity contribution in [2.24, 2.45) is 5.10 Å². The van der Waals surface area contributed by atoms with E-state index in [4.69, 9.17) is 9.52 Å². The number of nitrogens with one attached hydrogen (secondary N) is 1. The molecule has 1 atom stereocenters. The third-order valence-electron chi connectivity index (χ3n) is 7.29. The number of hydrazone groups is 1. The Morgan fingerprint density at radius 2 is 1.75 bits per heavy atom. The Morgan fingerprint density at radius 3 is 2.58 bits per heavy atom. The second-order valence-corrected chi connectivity index (χ2v) is 9.78. The van der Waals surface area contributed by atoms with Crippen LogP contribution in [0.15, 0.2) is 112 Å². The number of para-hydroxylation sites is 2. The molecule has 0 saturated carbocycles. The van der Waals surface area contributed by atoms with Gasteiger partial charge in [0.1, 0.15) is 0 Å². The lowest BCUT2D eigenvalue weighted by Crippen LogP contribution is -2.27. The molecular weight excluding hydrogens is 502 g/mol. The number of pyridine rings is 1. The summed E-state index contributed by atoms with van der Waals surface area (Å²) in [4.78, 5) is 39.5. The average Bonchev–Trinajstić information content (AvgIpc) is 3.67. The van der Waals surface area contributed by atoms with Crippen molar-refractivity contribution in [2.45, 2.75) is 19.4 Å². The van der Waals surface area contributed by atoms with Gasteiger partial charge < -0.3 is 9.40 Å². The summed E-state index contributed by atoms with van der Waals surface area (Å²) < 4.78 is 5.45. The third kappa shape index (κ3) is 3.89. The summed E-state index contributed by atoms with van der Waals surface area (Å²) in [5.74, 6) is -0.243. The molecule has 6 aromatic rings. The first-order valence-corrected chi connectivity index (χ1v) is 12.9. The predicted octanol–water partition coefficient (Wildman–Crippen LogP) is 6.03. The fourth-order valence-corrected chi connectivity index (χ4v) is 5.43. The number of H-pyrrole nitrogens is 1. The monoisotopic (exact) mass is 525 g/mol. The predicted molar refractivity (Wildman–Crippen MR) is 153 cm³/mol. The van der Waals surface area contributed by atoms with Gasteiger partial charge in [0.2, 0.25) is 0 Å². The summed E-state index contributed by atoms with van der Waals surface area (Å²) in [7, 11) is 0. The van der Waals surface area contributed by atoms with Crippen LogP contribution in [0.25, 0.3) is 33.1 Å². The number of rotatable bonds is 4. The summed E-state index contributed by atoms with van der Waals surface area (Å²) >= 11 is 0. The minimum absolute atomic E-state index is 0.160. The van der Waals surface area contributed by atoms with Gasteiger partial charge in [-0.3, -0.25) is 19.6 Å². The largest absolute Gasteiger partial charge is 0.459 e. The SMILES string of the molecule is Cc1ccc(-c2c(C3=NN(C(=O)c4ccco4)[C@H](c4cccc5nccnc45)C3)c(=O)[nH]c3ccccc23)cc1. The van der Waals surface area contributed by atoms with Crippen LogP contribution in [0, 0.1) is 6.92 Å². The maximum Gasteiger partial charge on any atom is 0.310 e. The van der Waals surface area contributed by atoms with Gasteiger partial charge in [0, 0.05) is 40.8 Å². The number of fused-ring (bicyclic) bond motifs is 2. The molecular formula is C32H23N5O3. The molecule has 0 spiro atoms. The van der Waals surface area contributed by atoms with E-state index in [0.29, 0.717) is 28.7 Å². The van der Waals surface area contributed by atoms with Crippen molar-refractivity contribution in [3.63, 3.8) is 0 Å². The lowest BCUT2D eigenvalue weighted by molar-refractivity contribution is 0.0679. The Morgan fingerprint density at radius 1 is 0.925 bits per heavy atom. The number of nitrogens with zero attached hydrogens (tertiary/aromatic N) is 4. The molecule has 1 aliphatic rings. The van der Waals surface area contributed by atoms with E-state index >= 15 is 0 Å². The second kappa shape index (κ2) is 9.43. The van der Waals surface area contributed by atoms with Gasteiger partial charge in [-0.15, -0.1) is 0 Å². The van der Waals surface area contributed by atoms with Gasteiger partial charge >= 0.3 is 5.91 Å². The summed E-state index contributed by atoms with van der Waals surface area (Å²) in [5.41, 5.74) is 6.38. The van der Waals surface area contributed by atoms with Crippen LogP contribution in [-0.2, 0) is 0 Å². The van der Waals surface area contributed by atoms with E-state index in [1.165, 1.54) is 11.3 Å². The van der Waals surface area contributed by atoms with E-state index in [2.05, 4.69) is 15.0 Å². The van der Waals surface area contributed by atoms with Gasteiger partial charge in [-0.05, 0) is 36.8 Å². The second-order valence-electron chi connectivity index (χ2n) is 9.78. The number of aromatic nitrogens is 3. The van der Waals surface area contributed by atoms with E-state index in [-0.39, 0.29) is 11.3 Å². The highest BCUT2D eigenvalue weighted by molar-refractivity contribution is 6.13. The molecule has 0 bridgehead atoms. The fraction of sp³-hybridized carbons (Fsp3) is 0.0938. The van der Waals surface area contributed by atoms with Crippen LogP contribution < -0.4 is 5.56 Å². The number of aromatic amines is 1. The first kappa shape index (κ1) is 23.7. The number of carbonyl (C=O) groups excluding carboxylic acids is 1. The lowest BCUT2D eigenvalue weighted by Gasteiger charge is -2.21. The van der Waals surface area contributed by atoms with E-state index in [9.17, 15) is 9.59 Å². The van der Waals surface area contributed by atoms with Gasteiger partial charge in [0.15, 0.2) is 5.76 Å². The number of hydrogen-bond acceptors (Lipinski definition) is 6. The van der Waals surface area contributed by atoms with E-state index < -0.39 is 11.9 Å². The molecule has 40 heavy (non-hydrogen) atoms. The average molecular weight is 526 g/mol. The molecule has 4 heterocycles. The molecule has 3 aromatic heterocycles. The summed E-state index contributed by atoms with van der Waals surface area (Å²) in [6.07, 6.45) is 5.03. The maximum absolute atomic E-state index is 13.8. The number of furan rings is 1. The Balaban J connectivity index is 1.46. The van der Waals surface area contributed by atoms with Crippen LogP contribution in [0.4, 0.5) is 0 Å². The molecule has 1 amide bonds. The van der Waals surface area contributed by atoms with E-state index in [1.54, 1.807) is 24.5 Å². The zero-order chi connectivity index (χ0) is 27.2. The molecule has 0 unspecified atom stereocenters. The molecule has 8 nitrogen and oxygen atoms in total. The number of hydrogen-bond donors (Lipinski definition) is 1. The molecule has 8 heteroatoms. The molecule has 194 valence electrons. The van der Waals surface area contributed by atoms with Crippen molar-refractivity contribution in [1.29, 1.82) is 0 Å². The topological polar surface area (TPSA) is 104 Å². The van der Waals surface area contributed by atoms with Gasteiger partial charge in [0.25, 0.3) is 5.56 Å². The molecule has 0 aliphatic carbocycles. The van der Waals surface area contributed by atoms with Crippen molar-refractivity contribution in [1.82, 2.24) is 20.0 Å². The lowest BCUT2D eigenvalue weighted by atomic mass is 9.90. The smallest absolute Gasteiger partial charge is 0.310 e. The number of amides is 1. The van der Waals surface area contributed by atoms with Crippen molar-refractivity contribution >= 4 is 33.6 Å². The summed E-state index contributed by atoms with van der Waals surface area (Å²) in [6, 6.07) is 24.2. The van der Waals surface area contributed by atoms with Crippen LogP contribution in [0.3, 0.4) is 0 Å². The Hall–Kier alpha value is -5.37. The number of carbonyl (C=O) groups is 1. The van der Waals surface area contributed by atoms with Crippen molar-refractivity contribution in [2.75, 3.05) is 0 Å². The Bertz CT molecular complexity index is 1990. The van der Waals surface area contributed by atoms with Crippen molar-refractivity contribution in [3.8, 4) is 11.1 Å². The van der Waals surface area contributed by atoms with Crippen molar-refractivity contribution < 1.29 is 9.21 Å². The van der Waals surface area contributed by atoms with E-state index in [0.717, 1.165) is 33.2 Å². The standard InChI is InChI=1S/C32H23N5O3/c1-19-11-13-20(14-12-19)28-21-6-2-3-8-23(21)35-31(38)29(28)25-18-26(37(36-25)32(39)27-10-5-17-40-27)22-7-4-9-24-30(22)34-16-15-33-24/h2-17,26H,18H2,1H3,(H,35,38)/t26-/m0/s1. The molecule has 0 radical (unpaired) electrons. The molecule has 0 fully saturated rings. The summed E-state index contributed by atoms with van der Waals surface area (Å²) in [6.45, 7) is 2.03. The van der Waals surface area contributed by atoms with Crippen LogP contribution in [-0.4, -0.2) is 31.6 Å². The minimum atomic E-state index is -0.523. The van der Waals surface area contributed by atoms with Gasteiger partial charge in [-0.1, -0.05) is 60.2 Å². The number of aryl methyl sites for hydroxylation is 1. The maximum atomic E-state index is 13.8. The van der Waals surface area contributed by atoms with Crippen LogP contribution >= 0.6 is 0 Å². The van der Waals surface area contributed by atoms with Crippen LogP contribution in [0.1, 0.15) is 39.7 Å². The quantitative estimate of drug-likeness (QED) is 0.303. The molecule has 0 saturated heterocycles. The molecule has 3 aromatic carbocycles. The van der Waals surface area contributed by atoms with Crippen LogP contribution in [0.5, 0.6) is 0 Å².